The van der Waals surface area contributed by atoms with Crippen molar-refractivity contribution in [2.75, 3.05) is 18.6 Å². The molecule has 1 N–H and O–H groups in total. The van der Waals surface area contributed by atoms with Crippen molar-refractivity contribution in [3.63, 3.8) is 0 Å². The van der Waals surface area contributed by atoms with E-state index in [2.05, 4.69) is 5.09 Å². The normalized spacial score (nSPS) is 14.9. The predicted octanol–water partition coefficient (Wildman–Crippen LogP) is 2.07. The molecule has 0 spiro atoms. The average molecular weight is 438 g/mol. The Labute approximate surface area is 163 Å². The number of hydrogen-bond donors (Lipinski definition) is 1. The van der Waals surface area contributed by atoms with Gasteiger partial charge >= 0.3 is 13.7 Å². The molecule has 0 saturated carbocycles. The molecule has 28 heavy (non-hydrogen) atoms. The van der Waals surface area contributed by atoms with Gasteiger partial charge in [0.25, 0.3) is 5.69 Å². The Kier molecular flexibility index (Phi) is 8.55. The summed E-state index contributed by atoms with van der Waals surface area (Å²) < 4.78 is 50.9. The van der Waals surface area contributed by atoms with Gasteiger partial charge in [0.05, 0.1) is 23.4 Å². The van der Waals surface area contributed by atoms with Crippen molar-refractivity contribution in [3.05, 3.63) is 34.4 Å². The molecule has 0 aliphatic rings. The maximum absolute atomic E-state index is 13.0. The lowest BCUT2D eigenvalue weighted by atomic mass is 10.3. The number of nitrogens with zero attached hydrogens (tertiary/aromatic N) is 1. The molecule has 1 unspecified atom stereocenters. The number of carbonyl (C=O) groups is 1. The Balaban J connectivity index is 2.97. The quantitative estimate of drug-likeness (QED) is 0.235. The number of hydrogen-bond acceptors (Lipinski definition) is 9. The summed E-state index contributed by atoms with van der Waals surface area (Å²) in [7, 11) is -7.60. The van der Waals surface area contributed by atoms with Gasteiger partial charge in [-0.25, -0.2) is 13.0 Å². The van der Waals surface area contributed by atoms with E-state index in [1.807, 2.05) is 0 Å². The molecule has 0 aromatic heterocycles. The van der Waals surface area contributed by atoms with Crippen molar-refractivity contribution < 1.29 is 36.5 Å². The summed E-state index contributed by atoms with van der Waals surface area (Å²) in [4.78, 5) is 22.0. The van der Waals surface area contributed by atoms with Gasteiger partial charge in [-0.1, -0.05) is 0 Å². The smallest absolute Gasteiger partial charge is 0.459 e. The largest absolute Gasteiger partial charge is 0.462 e. The Hall–Kier alpha value is -2.01. The number of ether oxygens (including phenoxy) is 1. The monoisotopic (exact) mass is 438 g/mol. The van der Waals surface area contributed by atoms with Crippen molar-refractivity contribution in [2.24, 2.45) is 0 Å². The molecule has 13 heteroatoms. The molecule has 0 saturated heterocycles. The van der Waals surface area contributed by atoms with Crippen molar-refractivity contribution >= 4 is 29.2 Å². The lowest BCUT2D eigenvalue weighted by molar-refractivity contribution is -0.384. The van der Waals surface area contributed by atoms with E-state index in [-0.39, 0.29) is 11.4 Å². The second-order valence-corrected chi connectivity index (χ2v) is 10.1. The topological polar surface area (TPSA) is 151 Å². The van der Waals surface area contributed by atoms with Crippen LogP contribution in [0.15, 0.2) is 24.3 Å². The molecule has 158 valence electrons. The number of nitro groups is 1. The number of nitrogens with one attached hydrogen (secondary N) is 1. The summed E-state index contributed by atoms with van der Waals surface area (Å²) in [6.07, 6.45) is 0.576. The van der Waals surface area contributed by atoms with Gasteiger partial charge in [-0.05, 0) is 32.9 Å². The van der Waals surface area contributed by atoms with E-state index in [9.17, 15) is 27.9 Å². The van der Waals surface area contributed by atoms with Crippen LogP contribution in [0.25, 0.3) is 0 Å². The minimum Gasteiger partial charge on any atom is -0.462 e. The zero-order valence-corrected chi connectivity index (χ0v) is 17.6. The maximum Gasteiger partial charge on any atom is 0.459 e. The molecule has 1 aromatic rings. The highest BCUT2D eigenvalue weighted by molar-refractivity contribution is 7.90. The highest BCUT2D eigenvalue weighted by atomic mass is 32.2. The molecule has 0 heterocycles. The third kappa shape index (κ3) is 8.79. The van der Waals surface area contributed by atoms with Gasteiger partial charge in [0, 0.05) is 18.4 Å². The highest BCUT2D eigenvalue weighted by Crippen LogP contribution is 2.45. The van der Waals surface area contributed by atoms with Crippen LogP contribution in [0.1, 0.15) is 20.8 Å². The van der Waals surface area contributed by atoms with E-state index in [4.69, 9.17) is 13.8 Å². The summed E-state index contributed by atoms with van der Waals surface area (Å²) in [6.45, 7) is 4.19. The Morgan fingerprint density at radius 3 is 2.29 bits per heavy atom. The number of rotatable bonds is 11. The number of non-ortho nitro benzene ring substituents is 1. The minimum absolute atomic E-state index is 0.0368. The molecule has 0 fully saturated rings. The molecule has 1 aromatic carbocycles. The van der Waals surface area contributed by atoms with Crippen molar-refractivity contribution in [2.45, 2.75) is 32.9 Å². The fraction of sp³-hybridized carbons (Fsp3) is 0.533. The number of carbonyl (C=O) groups excluding carboxylic acids is 1. The lowest BCUT2D eigenvalue weighted by Gasteiger charge is -2.23. The minimum atomic E-state index is -4.20. The summed E-state index contributed by atoms with van der Waals surface area (Å²) in [5, 5.41) is 13.1. The van der Waals surface area contributed by atoms with Crippen LogP contribution in [-0.2, 0) is 28.5 Å². The van der Waals surface area contributed by atoms with Crippen molar-refractivity contribution in [1.29, 1.82) is 0 Å². The van der Waals surface area contributed by atoms with E-state index in [1.165, 1.54) is 19.1 Å². The molecule has 1 rings (SSSR count). The number of sulfone groups is 1. The standard InChI is InChI=1S/C15H23N2O9PS/c1-11(2)25-15(18)12(3)16-27(21,24-9-10-28(4,22)23)26-14-7-5-13(6-8-14)17(19)20/h5-8,11-12H,9-10H2,1-4H3,(H,16,21)/t12-,27?/m0/s1. The summed E-state index contributed by atoms with van der Waals surface area (Å²) in [5.74, 6) is -1.17. The van der Waals surface area contributed by atoms with E-state index >= 15 is 0 Å². The molecule has 0 amide bonds. The van der Waals surface area contributed by atoms with Gasteiger partial charge in [0.1, 0.15) is 21.6 Å². The van der Waals surface area contributed by atoms with Gasteiger partial charge < -0.3 is 9.26 Å². The first-order valence-electron chi connectivity index (χ1n) is 8.16. The molecule has 0 aliphatic heterocycles. The van der Waals surface area contributed by atoms with Crippen molar-refractivity contribution in [3.8, 4) is 5.75 Å². The zero-order chi connectivity index (χ0) is 21.5. The van der Waals surface area contributed by atoms with Crippen LogP contribution in [0, 0.1) is 10.1 Å². The fourth-order valence-corrected chi connectivity index (χ4v) is 3.79. The molecule has 0 aliphatic carbocycles. The van der Waals surface area contributed by atoms with Crippen LogP contribution in [-0.4, -0.2) is 50.1 Å². The Bertz CT molecular complexity index is 840. The Morgan fingerprint density at radius 1 is 1.25 bits per heavy atom. The second-order valence-electron chi connectivity index (χ2n) is 6.14. The molecule has 11 nitrogen and oxygen atoms in total. The van der Waals surface area contributed by atoms with Gasteiger partial charge in [0.2, 0.25) is 0 Å². The maximum atomic E-state index is 13.0. The van der Waals surface area contributed by atoms with Crippen LogP contribution in [0.5, 0.6) is 5.75 Å². The van der Waals surface area contributed by atoms with Gasteiger partial charge in [-0.2, -0.15) is 5.09 Å². The van der Waals surface area contributed by atoms with E-state index in [1.54, 1.807) is 13.8 Å². The van der Waals surface area contributed by atoms with Crippen LogP contribution < -0.4 is 9.61 Å². The lowest BCUT2D eigenvalue weighted by Crippen LogP contribution is -2.36. The molecular formula is C15H23N2O9PS. The first-order valence-corrected chi connectivity index (χ1v) is 11.8. The van der Waals surface area contributed by atoms with E-state index in [0.29, 0.717) is 0 Å². The second kappa shape index (κ2) is 9.97. The van der Waals surface area contributed by atoms with Gasteiger partial charge in [-0.15, -0.1) is 0 Å². The first kappa shape index (κ1) is 24.0. The molecule has 0 bridgehead atoms. The van der Waals surface area contributed by atoms with E-state index in [0.717, 1.165) is 18.4 Å². The molecule has 2 atom stereocenters. The van der Waals surface area contributed by atoms with Crippen molar-refractivity contribution in [1.82, 2.24) is 5.09 Å². The zero-order valence-electron chi connectivity index (χ0n) is 15.9. The van der Waals surface area contributed by atoms with E-state index < -0.39 is 53.0 Å². The van der Waals surface area contributed by atoms with Crippen LogP contribution in [0.4, 0.5) is 5.69 Å². The first-order chi connectivity index (χ1) is 12.8. The summed E-state index contributed by atoms with van der Waals surface area (Å²) >= 11 is 0. The molecule has 0 radical (unpaired) electrons. The highest BCUT2D eigenvalue weighted by Gasteiger charge is 2.33. The summed E-state index contributed by atoms with van der Waals surface area (Å²) in [5.41, 5.74) is -0.206. The number of benzene rings is 1. The third-order valence-corrected chi connectivity index (χ3v) is 5.63. The molecular weight excluding hydrogens is 415 g/mol. The van der Waals surface area contributed by atoms with Crippen LogP contribution in [0.3, 0.4) is 0 Å². The number of nitro benzene ring substituents is 1. The van der Waals surface area contributed by atoms with Gasteiger partial charge in [0.15, 0.2) is 0 Å². The average Bonchev–Trinajstić information content (AvgIpc) is 2.53. The van der Waals surface area contributed by atoms with Crippen LogP contribution in [0.2, 0.25) is 0 Å². The Morgan fingerprint density at radius 2 is 1.82 bits per heavy atom. The van der Waals surface area contributed by atoms with Gasteiger partial charge in [-0.3, -0.25) is 19.4 Å². The van der Waals surface area contributed by atoms with Crippen LogP contribution >= 0.6 is 7.75 Å². The number of esters is 1. The SMILES string of the molecule is CC(C)OC(=O)[C@H](C)NP(=O)(OCCS(C)(=O)=O)Oc1ccc([N+](=O)[O-])cc1. The predicted molar refractivity (Wildman–Crippen MR) is 101 cm³/mol. The summed E-state index contributed by atoms with van der Waals surface area (Å²) in [6, 6.07) is 3.57. The fourth-order valence-electron chi connectivity index (χ4n) is 1.79. The third-order valence-electron chi connectivity index (χ3n) is 3.05.